The van der Waals surface area contributed by atoms with Gasteiger partial charge in [0.1, 0.15) is 35.6 Å². The largest absolute Gasteiger partial charge is 0.486 e. The van der Waals surface area contributed by atoms with Crippen LogP contribution >= 0.6 is 0 Å². The molecule has 1 amide bonds. The number of benzene rings is 2. The predicted octanol–water partition coefficient (Wildman–Crippen LogP) is 3.32. The predicted molar refractivity (Wildman–Crippen MR) is 136 cm³/mol. The lowest BCUT2D eigenvalue weighted by atomic mass is 10.2. The van der Waals surface area contributed by atoms with Crippen LogP contribution in [0.15, 0.2) is 65.8 Å². The molecule has 0 saturated heterocycles. The van der Waals surface area contributed by atoms with Crippen LogP contribution in [-0.4, -0.2) is 53.7 Å². The minimum atomic E-state index is -3.68. The highest BCUT2D eigenvalue weighted by atomic mass is 32.2. The number of carbonyl (C=O) groups excluding carboxylic acids is 1. The van der Waals surface area contributed by atoms with E-state index in [1.165, 1.54) is 30.6 Å². The number of amides is 1. The molecule has 0 atom stereocenters. The van der Waals surface area contributed by atoms with Gasteiger partial charge in [-0.2, -0.15) is 9.97 Å². The van der Waals surface area contributed by atoms with Crippen LogP contribution in [0, 0.1) is 5.82 Å². The van der Waals surface area contributed by atoms with Gasteiger partial charge >= 0.3 is 0 Å². The van der Waals surface area contributed by atoms with Gasteiger partial charge in [0, 0.05) is 29.9 Å². The molecule has 0 unspecified atom stereocenters. The Hall–Kier alpha value is -4.85. The third kappa shape index (κ3) is 5.75. The molecule has 194 valence electrons. The van der Waals surface area contributed by atoms with Crippen LogP contribution in [0.5, 0.6) is 11.5 Å². The lowest BCUT2D eigenvalue weighted by Gasteiger charge is -2.18. The number of nitrogens with zero attached hydrogens (tertiary/aromatic N) is 4. The second kappa shape index (κ2) is 10.3. The van der Waals surface area contributed by atoms with Gasteiger partial charge in [-0.3, -0.25) is 10.1 Å². The van der Waals surface area contributed by atoms with Crippen LogP contribution in [0.3, 0.4) is 0 Å². The summed E-state index contributed by atoms with van der Waals surface area (Å²) in [5.41, 5.74) is 0.658. The molecule has 4 aromatic rings. The maximum absolute atomic E-state index is 14.2. The topological polar surface area (TPSA) is 157 Å². The van der Waals surface area contributed by atoms with Gasteiger partial charge < -0.3 is 20.1 Å². The number of halogens is 1. The summed E-state index contributed by atoms with van der Waals surface area (Å²) in [6.45, 7) is 0.860. The van der Waals surface area contributed by atoms with Crippen molar-refractivity contribution < 1.29 is 27.1 Å². The van der Waals surface area contributed by atoms with E-state index in [1.54, 1.807) is 24.3 Å². The number of rotatable bonds is 7. The number of fused-ring (bicyclic) bond motifs is 1. The summed E-state index contributed by atoms with van der Waals surface area (Å²) in [5.74, 6) is 0.568. The summed E-state index contributed by atoms with van der Waals surface area (Å²) in [4.78, 5) is 29.1. The average molecular weight is 538 g/mol. The fraction of sp³-hybridized carbons (Fsp3) is 0.125. The van der Waals surface area contributed by atoms with Crippen molar-refractivity contribution in [2.75, 3.05) is 35.4 Å². The standard InChI is InChI=1S/C24H20FN7O5S/c1-38(34,35)19-5-3-15(13-16(19)25)28-20-6-8-26-23(30-20)32-24-27-9-7-21(31-24)29-22(33)14-2-4-17-18(12-14)37-11-10-36-17/h2-9,12-13H,10-11H2,1H3,(H3,26,27,28,29,30,31,32,33). The van der Waals surface area contributed by atoms with Crippen LogP contribution in [0.1, 0.15) is 10.4 Å². The normalized spacial score (nSPS) is 12.5. The molecule has 0 spiro atoms. The van der Waals surface area contributed by atoms with Gasteiger partial charge in [0.05, 0.1) is 0 Å². The van der Waals surface area contributed by atoms with Crippen LogP contribution < -0.4 is 25.4 Å². The van der Waals surface area contributed by atoms with Gasteiger partial charge in [-0.25, -0.2) is 22.8 Å². The van der Waals surface area contributed by atoms with Gasteiger partial charge in [-0.15, -0.1) is 0 Å². The van der Waals surface area contributed by atoms with Gasteiger partial charge in [-0.05, 0) is 48.5 Å². The highest BCUT2D eigenvalue weighted by Gasteiger charge is 2.16. The molecule has 38 heavy (non-hydrogen) atoms. The Morgan fingerprint density at radius 1 is 0.868 bits per heavy atom. The first-order chi connectivity index (χ1) is 18.2. The maximum Gasteiger partial charge on any atom is 0.256 e. The summed E-state index contributed by atoms with van der Waals surface area (Å²) in [7, 11) is -3.68. The number of carbonyl (C=O) groups is 1. The van der Waals surface area contributed by atoms with E-state index < -0.39 is 26.5 Å². The Kier molecular flexibility index (Phi) is 6.70. The van der Waals surface area contributed by atoms with Crippen LogP contribution in [0.25, 0.3) is 0 Å². The summed E-state index contributed by atoms with van der Waals surface area (Å²) in [5, 5.41) is 8.42. The number of hydrogen-bond acceptors (Lipinski definition) is 11. The van der Waals surface area contributed by atoms with Gasteiger partial charge in [-0.1, -0.05) is 0 Å². The van der Waals surface area contributed by atoms with Crippen LogP contribution in [0.2, 0.25) is 0 Å². The molecular weight excluding hydrogens is 517 g/mol. The zero-order valence-corrected chi connectivity index (χ0v) is 20.6. The molecule has 5 rings (SSSR count). The van der Waals surface area contributed by atoms with E-state index in [1.807, 2.05) is 0 Å². The number of ether oxygens (including phenoxy) is 2. The molecule has 1 aliphatic rings. The monoisotopic (exact) mass is 537 g/mol. The van der Waals surface area contributed by atoms with E-state index >= 15 is 0 Å². The van der Waals surface area contributed by atoms with E-state index in [0.29, 0.717) is 41.8 Å². The molecule has 3 N–H and O–H groups in total. The van der Waals surface area contributed by atoms with Gasteiger partial charge in [0.25, 0.3) is 5.91 Å². The highest BCUT2D eigenvalue weighted by Crippen LogP contribution is 2.31. The zero-order chi connectivity index (χ0) is 26.7. The molecule has 1 aliphatic heterocycles. The molecule has 14 heteroatoms. The van der Waals surface area contributed by atoms with Crippen molar-refractivity contribution in [3.05, 3.63) is 72.3 Å². The maximum atomic E-state index is 14.2. The Labute approximate surface area is 216 Å². The smallest absolute Gasteiger partial charge is 0.256 e. The van der Waals surface area contributed by atoms with Crippen molar-refractivity contribution in [1.82, 2.24) is 19.9 Å². The van der Waals surface area contributed by atoms with Gasteiger partial charge in [0.15, 0.2) is 21.3 Å². The second-order valence-corrected chi connectivity index (χ2v) is 10.00. The first-order valence-electron chi connectivity index (χ1n) is 11.2. The van der Waals surface area contributed by atoms with Gasteiger partial charge in [0.2, 0.25) is 11.9 Å². The number of sulfone groups is 1. The second-order valence-electron chi connectivity index (χ2n) is 8.01. The molecule has 0 radical (unpaired) electrons. The van der Waals surface area contributed by atoms with Crippen molar-refractivity contribution in [1.29, 1.82) is 0 Å². The first-order valence-corrected chi connectivity index (χ1v) is 13.0. The third-order valence-corrected chi connectivity index (χ3v) is 6.31. The molecule has 2 aromatic heterocycles. The fourth-order valence-corrected chi connectivity index (χ4v) is 4.21. The summed E-state index contributed by atoms with van der Waals surface area (Å²) < 4.78 is 48.4. The number of hydrogen-bond donors (Lipinski definition) is 3. The molecule has 3 heterocycles. The SMILES string of the molecule is CS(=O)(=O)c1ccc(Nc2ccnc(Nc3nccc(NC(=O)c4ccc5c(c4)OCCO5)n3)n2)cc1F. The molecule has 12 nitrogen and oxygen atoms in total. The number of anilines is 5. The molecule has 0 fully saturated rings. The fourth-order valence-electron chi connectivity index (χ4n) is 3.48. The van der Waals surface area contributed by atoms with Crippen molar-refractivity contribution in [3.8, 4) is 11.5 Å². The molecule has 0 bridgehead atoms. The van der Waals surface area contributed by atoms with Crippen LogP contribution in [-0.2, 0) is 9.84 Å². The number of aromatic nitrogens is 4. The average Bonchev–Trinajstić information content (AvgIpc) is 2.88. The van der Waals surface area contributed by atoms with E-state index in [4.69, 9.17) is 9.47 Å². The van der Waals surface area contributed by atoms with E-state index in [-0.39, 0.29) is 17.7 Å². The summed E-state index contributed by atoms with van der Waals surface area (Å²) in [6.07, 6.45) is 3.83. The quantitative estimate of drug-likeness (QED) is 0.318. The zero-order valence-electron chi connectivity index (χ0n) is 19.8. The van der Waals surface area contributed by atoms with Crippen molar-refractivity contribution in [3.63, 3.8) is 0 Å². The Bertz CT molecular complexity index is 1630. The highest BCUT2D eigenvalue weighted by molar-refractivity contribution is 7.90. The Morgan fingerprint density at radius 2 is 1.55 bits per heavy atom. The van der Waals surface area contributed by atoms with E-state index in [2.05, 4.69) is 35.9 Å². The lowest BCUT2D eigenvalue weighted by Crippen LogP contribution is -2.17. The van der Waals surface area contributed by atoms with E-state index in [0.717, 1.165) is 12.3 Å². The summed E-state index contributed by atoms with van der Waals surface area (Å²) in [6, 6.07) is 11.6. The van der Waals surface area contributed by atoms with E-state index in [9.17, 15) is 17.6 Å². The molecule has 2 aromatic carbocycles. The minimum absolute atomic E-state index is 0.116. The minimum Gasteiger partial charge on any atom is -0.486 e. The van der Waals surface area contributed by atoms with Crippen molar-refractivity contribution >= 4 is 45.0 Å². The summed E-state index contributed by atoms with van der Waals surface area (Å²) >= 11 is 0. The lowest BCUT2D eigenvalue weighted by molar-refractivity contribution is 0.102. The molecule has 0 saturated carbocycles. The van der Waals surface area contributed by atoms with Crippen LogP contribution in [0.4, 0.5) is 33.6 Å². The number of nitrogens with one attached hydrogen (secondary N) is 3. The molecular formula is C24H20FN7O5S. The Balaban J connectivity index is 1.26. The Morgan fingerprint density at radius 3 is 2.26 bits per heavy atom. The molecule has 0 aliphatic carbocycles. The van der Waals surface area contributed by atoms with Crippen molar-refractivity contribution in [2.45, 2.75) is 4.90 Å². The van der Waals surface area contributed by atoms with Crippen molar-refractivity contribution in [2.24, 2.45) is 0 Å². The first kappa shape index (κ1) is 24.8. The third-order valence-electron chi connectivity index (χ3n) is 5.18.